The molecular formula is C15H22F3NO. The summed E-state index contributed by atoms with van der Waals surface area (Å²) in [6, 6.07) is 5.58. The number of alkyl halides is 3. The summed E-state index contributed by atoms with van der Waals surface area (Å²) in [6.45, 7) is 5.30. The smallest absolute Gasteiger partial charge is 0.395 e. The van der Waals surface area contributed by atoms with E-state index in [0.717, 1.165) is 30.5 Å². The molecule has 1 aromatic carbocycles. The summed E-state index contributed by atoms with van der Waals surface area (Å²) in [4.78, 5) is 2.11. The van der Waals surface area contributed by atoms with E-state index >= 15 is 0 Å². The van der Waals surface area contributed by atoms with Crippen LogP contribution in [0.3, 0.4) is 0 Å². The Bertz CT molecular complexity index is 385. The number of hydrogen-bond acceptors (Lipinski definition) is 2. The van der Waals surface area contributed by atoms with Gasteiger partial charge in [-0.1, -0.05) is 26.0 Å². The summed E-state index contributed by atoms with van der Waals surface area (Å²) in [5.41, 5.74) is 0.204. The number of benzene rings is 1. The summed E-state index contributed by atoms with van der Waals surface area (Å²) in [5, 5.41) is 9.11. The van der Waals surface area contributed by atoms with Crippen LogP contribution < -0.4 is 0 Å². The largest absolute Gasteiger partial charge is 0.416 e. The molecule has 2 nitrogen and oxygen atoms in total. The van der Waals surface area contributed by atoms with Gasteiger partial charge in [-0.3, -0.25) is 4.90 Å². The molecule has 1 N–H and O–H groups in total. The number of rotatable bonds is 7. The van der Waals surface area contributed by atoms with Gasteiger partial charge in [0, 0.05) is 19.1 Å². The van der Waals surface area contributed by atoms with Gasteiger partial charge >= 0.3 is 6.18 Å². The number of aliphatic hydroxyl groups excluding tert-OH is 1. The lowest BCUT2D eigenvalue weighted by Crippen LogP contribution is -2.36. The van der Waals surface area contributed by atoms with Gasteiger partial charge in [-0.25, -0.2) is 0 Å². The minimum atomic E-state index is -4.29. The second-order valence-corrected chi connectivity index (χ2v) is 4.86. The van der Waals surface area contributed by atoms with E-state index in [1.54, 1.807) is 0 Å². The predicted octanol–water partition coefficient (Wildman–Crippen LogP) is 3.69. The second-order valence-electron chi connectivity index (χ2n) is 4.86. The lowest BCUT2D eigenvalue weighted by molar-refractivity contribution is -0.137. The van der Waals surface area contributed by atoms with Crippen molar-refractivity contribution in [3.8, 4) is 0 Å². The van der Waals surface area contributed by atoms with Crippen LogP contribution in [0.5, 0.6) is 0 Å². The molecule has 1 rings (SSSR count). The molecule has 0 heterocycles. The maximum absolute atomic E-state index is 12.5. The Morgan fingerprint density at radius 1 is 1.10 bits per heavy atom. The first-order valence-electron chi connectivity index (χ1n) is 6.93. The SMILES string of the molecule is CCC(CC)N(CCO)Cc1ccc(C(F)(F)F)cc1. The summed E-state index contributed by atoms with van der Waals surface area (Å²) < 4.78 is 37.5. The van der Waals surface area contributed by atoms with Gasteiger partial charge in [-0.15, -0.1) is 0 Å². The molecule has 0 aliphatic carbocycles. The van der Waals surface area contributed by atoms with E-state index in [0.29, 0.717) is 19.1 Å². The molecule has 0 aromatic heterocycles. The van der Waals surface area contributed by atoms with Crippen molar-refractivity contribution < 1.29 is 18.3 Å². The Labute approximate surface area is 118 Å². The third-order valence-electron chi connectivity index (χ3n) is 3.51. The topological polar surface area (TPSA) is 23.5 Å². The Morgan fingerprint density at radius 3 is 2.05 bits per heavy atom. The van der Waals surface area contributed by atoms with Crippen molar-refractivity contribution in [2.45, 2.75) is 45.5 Å². The molecule has 0 amide bonds. The highest BCUT2D eigenvalue weighted by Crippen LogP contribution is 2.29. The predicted molar refractivity (Wildman–Crippen MR) is 73.3 cm³/mol. The van der Waals surface area contributed by atoms with Crippen LogP contribution >= 0.6 is 0 Å². The summed E-state index contributed by atoms with van der Waals surface area (Å²) >= 11 is 0. The van der Waals surface area contributed by atoms with Crippen LogP contribution in [0.2, 0.25) is 0 Å². The fourth-order valence-electron chi connectivity index (χ4n) is 2.36. The fourth-order valence-corrected chi connectivity index (χ4v) is 2.36. The minimum absolute atomic E-state index is 0.0527. The van der Waals surface area contributed by atoms with Crippen molar-refractivity contribution >= 4 is 0 Å². The Balaban J connectivity index is 2.78. The molecule has 0 aliphatic heterocycles. The van der Waals surface area contributed by atoms with E-state index in [9.17, 15) is 13.2 Å². The first kappa shape index (κ1) is 17.0. The summed E-state index contributed by atoms with van der Waals surface area (Å²) in [5.74, 6) is 0. The molecule has 20 heavy (non-hydrogen) atoms. The maximum Gasteiger partial charge on any atom is 0.416 e. The second kappa shape index (κ2) is 7.64. The van der Waals surface area contributed by atoms with Crippen molar-refractivity contribution in [1.29, 1.82) is 0 Å². The van der Waals surface area contributed by atoms with Crippen molar-refractivity contribution in [3.63, 3.8) is 0 Å². The van der Waals surface area contributed by atoms with Gasteiger partial charge in [0.05, 0.1) is 12.2 Å². The van der Waals surface area contributed by atoms with E-state index < -0.39 is 11.7 Å². The van der Waals surface area contributed by atoms with Gasteiger partial charge in [0.1, 0.15) is 0 Å². The molecule has 114 valence electrons. The highest BCUT2D eigenvalue weighted by molar-refractivity contribution is 5.24. The normalized spacial score (nSPS) is 12.4. The van der Waals surface area contributed by atoms with Crippen LogP contribution in [0.1, 0.15) is 37.8 Å². The van der Waals surface area contributed by atoms with Gasteiger partial charge < -0.3 is 5.11 Å². The van der Waals surface area contributed by atoms with Crippen molar-refractivity contribution in [2.24, 2.45) is 0 Å². The number of aliphatic hydroxyl groups is 1. The number of halogens is 3. The molecule has 1 aromatic rings. The molecule has 5 heteroatoms. The summed E-state index contributed by atoms with van der Waals surface area (Å²) in [6.07, 6.45) is -2.38. The molecule has 0 fully saturated rings. The molecule has 0 unspecified atom stereocenters. The van der Waals surface area contributed by atoms with Gasteiger partial charge in [0.15, 0.2) is 0 Å². The van der Waals surface area contributed by atoms with Crippen molar-refractivity contribution in [2.75, 3.05) is 13.2 Å². The molecular weight excluding hydrogens is 267 g/mol. The Hall–Kier alpha value is -1.07. The van der Waals surface area contributed by atoms with Crippen LogP contribution in [0.15, 0.2) is 24.3 Å². The maximum atomic E-state index is 12.5. The van der Waals surface area contributed by atoms with Crippen molar-refractivity contribution in [3.05, 3.63) is 35.4 Å². The summed E-state index contributed by atoms with van der Waals surface area (Å²) in [7, 11) is 0. The van der Waals surface area contributed by atoms with Gasteiger partial charge in [0.25, 0.3) is 0 Å². The molecule has 0 bridgehead atoms. The lowest BCUT2D eigenvalue weighted by Gasteiger charge is -2.29. The molecule has 0 spiro atoms. The van der Waals surface area contributed by atoms with Crippen LogP contribution in [0, 0.1) is 0 Å². The lowest BCUT2D eigenvalue weighted by atomic mass is 10.1. The fraction of sp³-hybridized carbons (Fsp3) is 0.600. The Morgan fingerprint density at radius 2 is 1.65 bits per heavy atom. The minimum Gasteiger partial charge on any atom is -0.395 e. The first-order chi connectivity index (χ1) is 9.42. The Kier molecular flexibility index (Phi) is 6.49. The molecule has 0 atom stereocenters. The van der Waals surface area contributed by atoms with Crippen LogP contribution in [0.4, 0.5) is 13.2 Å². The quantitative estimate of drug-likeness (QED) is 0.827. The van der Waals surface area contributed by atoms with Crippen LogP contribution in [-0.4, -0.2) is 29.2 Å². The van der Waals surface area contributed by atoms with Gasteiger partial charge in [-0.2, -0.15) is 13.2 Å². The first-order valence-corrected chi connectivity index (χ1v) is 6.93. The van der Waals surface area contributed by atoms with E-state index in [1.807, 2.05) is 0 Å². The third kappa shape index (κ3) is 4.80. The molecule has 0 saturated heterocycles. The zero-order valence-corrected chi connectivity index (χ0v) is 12.0. The molecule has 0 saturated carbocycles. The van der Waals surface area contributed by atoms with Crippen LogP contribution in [-0.2, 0) is 12.7 Å². The highest BCUT2D eigenvalue weighted by Gasteiger charge is 2.30. The highest BCUT2D eigenvalue weighted by atomic mass is 19.4. The van der Waals surface area contributed by atoms with Gasteiger partial charge in [0.2, 0.25) is 0 Å². The van der Waals surface area contributed by atoms with E-state index in [4.69, 9.17) is 5.11 Å². The zero-order valence-electron chi connectivity index (χ0n) is 12.0. The molecule has 0 aliphatic rings. The van der Waals surface area contributed by atoms with Gasteiger partial charge in [-0.05, 0) is 30.5 Å². The van der Waals surface area contributed by atoms with Crippen molar-refractivity contribution in [1.82, 2.24) is 4.90 Å². The van der Waals surface area contributed by atoms with E-state index in [-0.39, 0.29) is 6.61 Å². The van der Waals surface area contributed by atoms with Crippen LogP contribution in [0.25, 0.3) is 0 Å². The average Bonchev–Trinajstić information content (AvgIpc) is 2.40. The molecule has 0 radical (unpaired) electrons. The zero-order chi connectivity index (χ0) is 15.2. The average molecular weight is 289 g/mol. The number of nitrogens with zero attached hydrogens (tertiary/aromatic N) is 1. The monoisotopic (exact) mass is 289 g/mol. The standard InChI is InChI=1S/C15H22F3NO/c1-3-14(4-2)19(9-10-20)11-12-5-7-13(8-6-12)15(16,17)18/h5-8,14,20H,3-4,9-11H2,1-2H3. The van der Waals surface area contributed by atoms with E-state index in [2.05, 4.69) is 18.7 Å². The van der Waals surface area contributed by atoms with E-state index in [1.165, 1.54) is 12.1 Å². The number of hydrogen-bond donors (Lipinski definition) is 1. The third-order valence-corrected chi connectivity index (χ3v) is 3.51.